The highest BCUT2D eigenvalue weighted by atomic mass is 35.5. The van der Waals surface area contributed by atoms with Crippen LogP contribution in [0.3, 0.4) is 0 Å². The van der Waals surface area contributed by atoms with Gasteiger partial charge in [0.05, 0.1) is 12.6 Å². The summed E-state index contributed by atoms with van der Waals surface area (Å²) in [5.74, 6) is 0. The minimum atomic E-state index is 0.0704. The lowest BCUT2D eigenvalue weighted by atomic mass is 10.1. The van der Waals surface area contributed by atoms with E-state index < -0.39 is 0 Å². The van der Waals surface area contributed by atoms with Crippen LogP contribution in [0.15, 0.2) is 18.2 Å². The number of nitrogens with zero attached hydrogens (tertiary/aromatic N) is 1. The number of hydrogen-bond donors (Lipinski definition) is 2. The summed E-state index contributed by atoms with van der Waals surface area (Å²) in [7, 11) is 0. The minimum Gasteiger partial charge on any atom is -0.394 e. The highest BCUT2D eigenvalue weighted by molar-refractivity contribution is 6.30. The number of rotatable bonds is 4. The first-order chi connectivity index (χ1) is 9.40. The molecule has 0 aromatic heterocycles. The van der Waals surface area contributed by atoms with Gasteiger partial charge in [0.1, 0.15) is 0 Å². The second-order valence-corrected chi connectivity index (χ2v) is 6.99. The molecule has 0 radical (unpaired) electrons. The van der Waals surface area contributed by atoms with Gasteiger partial charge >= 0.3 is 0 Å². The molecule has 1 saturated heterocycles. The highest BCUT2D eigenvalue weighted by Gasteiger charge is 2.25. The zero-order valence-electron chi connectivity index (χ0n) is 12.6. The zero-order valence-corrected chi connectivity index (χ0v) is 13.4. The SMILES string of the molecule is CC(C)(C)NCc1cc(Cl)ccc1N1CCCC1CO. The predicted octanol–water partition coefficient (Wildman–Crippen LogP) is 3.19. The Morgan fingerprint density at radius 2 is 2.15 bits per heavy atom. The Balaban J connectivity index is 2.23. The van der Waals surface area contributed by atoms with Crippen LogP contribution < -0.4 is 10.2 Å². The Morgan fingerprint density at radius 3 is 2.80 bits per heavy atom. The summed E-state index contributed by atoms with van der Waals surface area (Å²) in [5, 5.41) is 13.8. The first-order valence-corrected chi connectivity index (χ1v) is 7.69. The molecule has 0 bridgehead atoms. The standard InChI is InChI=1S/C16H25ClN2O/c1-16(2,3)18-10-12-9-13(17)6-7-15(12)19-8-4-5-14(19)11-20/h6-7,9,14,18,20H,4-5,8,10-11H2,1-3H3. The summed E-state index contributed by atoms with van der Waals surface area (Å²) < 4.78 is 0. The molecule has 1 atom stereocenters. The van der Waals surface area contributed by atoms with Crippen molar-refractivity contribution in [2.24, 2.45) is 0 Å². The lowest BCUT2D eigenvalue weighted by Gasteiger charge is -2.29. The van der Waals surface area contributed by atoms with Crippen LogP contribution in [0.25, 0.3) is 0 Å². The Labute approximate surface area is 126 Å². The third-order valence-electron chi connectivity index (χ3n) is 3.75. The van der Waals surface area contributed by atoms with E-state index in [1.54, 1.807) is 0 Å². The van der Waals surface area contributed by atoms with Gasteiger partial charge in [0.15, 0.2) is 0 Å². The van der Waals surface area contributed by atoms with E-state index in [-0.39, 0.29) is 18.2 Å². The van der Waals surface area contributed by atoms with Crippen LogP contribution in [0.1, 0.15) is 39.2 Å². The molecule has 1 unspecified atom stereocenters. The summed E-state index contributed by atoms with van der Waals surface area (Å²) in [6.07, 6.45) is 2.20. The van der Waals surface area contributed by atoms with Gasteiger partial charge in [-0.3, -0.25) is 0 Å². The zero-order chi connectivity index (χ0) is 14.8. The van der Waals surface area contributed by atoms with Crippen molar-refractivity contribution in [2.75, 3.05) is 18.1 Å². The Kier molecular flexibility index (Phi) is 4.95. The lowest BCUT2D eigenvalue weighted by molar-refractivity contribution is 0.266. The second-order valence-electron chi connectivity index (χ2n) is 6.55. The number of aliphatic hydroxyl groups excluding tert-OH is 1. The van der Waals surface area contributed by atoms with Crippen LogP contribution in [0.4, 0.5) is 5.69 Å². The predicted molar refractivity (Wildman–Crippen MR) is 85.5 cm³/mol. The van der Waals surface area contributed by atoms with E-state index >= 15 is 0 Å². The van der Waals surface area contributed by atoms with Crippen molar-refractivity contribution < 1.29 is 5.11 Å². The molecular formula is C16H25ClN2O. The molecule has 3 nitrogen and oxygen atoms in total. The molecule has 1 aromatic rings. The molecule has 1 aliphatic rings. The summed E-state index contributed by atoms with van der Waals surface area (Å²) >= 11 is 6.15. The highest BCUT2D eigenvalue weighted by Crippen LogP contribution is 2.30. The average molecular weight is 297 g/mol. The van der Waals surface area contributed by atoms with E-state index in [9.17, 15) is 5.11 Å². The first kappa shape index (κ1) is 15.6. The Morgan fingerprint density at radius 1 is 1.40 bits per heavy atom. The fourth-order valence-electron chi connectivity index (χ4n) is 2.68. The molecule has 0 amide bonds. The summed E-state index contributed by atoms with van der Waals surface area (Å²) in [4.78, 5) is 2.32. The lowest BCUT2D eigenvalue weighted by Crippen LogP contribution is -2.37. The molecule has 112 valence electrons. The summed E-state index contributed by atoms with van der Waals surface area (Å²) in [5.41, 5.74) is 2.47. The van der Waals surface area contributed by atoms with Gasteiger partial charge in [0.25, 0.3) is 0 Å². The molecule has 1 aromatic carbocycles. The number of benzene rings is 1. The summed E-state index contributed by atoms with van der Waals surface area (Å²) in [6, 6.07) is 6.28. The normalized spacial score (nSPS) is 19.6. The van der Waals surface area contributed by atoms with Crippen LogP contribution >= 0.6 is 11.6 Å². The molecule has 20 heavy (non-hydrogen) atoms. The van der Waals surface area contributed by atoms with Crippen LogP contribution in [-0.4, -0.2) is 29.8 Å². The van der Waals surface area contributed by atoms with Crippen molar-refractivity contribution in [3.63, 3.8) is 0 Å². The molecule has 1 fully saturated rings. The Bertz CT molecular complexity index is 456. The first-order valence-electron chi connectivity index (χ1n) is 7.31. The van der Waals surface area contributed by atoms with Crippen molar-refractivity contribution in [1.82, 2.24) is 5.32 Å². The largest absolute Gasteiger partial charge is 0.394 e. The molecule has 2 N–H and O–H groups in total. The van der Waals surface area contributed by atoms with Crippen molar-refractivity contribution >= 4 is 17.3 Å². The molecule has 1 aliphatic heterocycles. The van der Waals surface area contributed by atoms with Crippen molar-refractivity contribution in [3.8, 4) is 0 Å². The minimum absolute atomic E-state index is 0.0704. The van der Waals surface area contributed by atoms with Gasteiger partial charge in [-0.15, -0.1) is 0 Å². The van der Waals surface area contributed by atoms with Gasteiger partial charge in [-0.2, -0.15) is 0 Å². The van der Waals surface area contributed by atoms with Crippen molar-refractivity contribution in [1.29, 1.82) is 0 Å². The number of anilines is 1. The van der Waals surface area contributed by atoms with Crippen LogP contribution in [0.5, 0.6) is 0 Å². The van der Waals surface area contributed by atoms with E-state index in [1.807, 2.05) is 12.1 Å². The van der Waals surface area contributed by atoms with Gasteiger partial charge in [-0.25, -0.2) is 0 Å². The fraction of sp³-hybridized carbons (Fsp3) is 0.625. The quantitative estimate of drug-likeness (QED) is 0.896. The molecule has 0 spiro atoms. The third-order valence-corrected chi connectivity index (χ3v) is 3.98. The molecular weight excluding hydrogens is 272 g/mol. The maximum Gasteiger partial charge on any atom is 0.0635 e. The summed E-state index contributed by atoms with van der Waals surface area (Å²) in [6.45, 7) is 8.48. The maximum absolute atomic E-state index is 9.52. The van der Waals surface area contributed by atoms with E-state index in [0.717, 1.165) is 31.0 Å². The average Bonchev–Trinajstić information content (AvgIpc) is 2.83. The van der Waals surface area contributed by atoms with Crippen molar-refractivity contribution in [3.05, 3.63) is 28.8 Å². The van der Waals surface area contributed by atoms with E-state index in [2.05, 4.69) is 37.1 Å². The third kappa shape index (κ3) is 3.87. The second kappa shape index (κ2) is 6.33. The van der Waals surface area contributed by atoms with Gasteiger partial charge in [0, 0.05) is 29.3 Å². The van der Waals surface area contributed by atoms with Crippen LogP contribution in [0.2, 0.25) is 5.02 Å². The van der Waals surface area contributed by atoms with Crippen LogP contribution in [-0.2, 0) is 6.54 Å². The van der Waals surface area contributed by atoms with E-state index in [0.29, 0.717) is 0 Å². The van der Waals surface area contributed by atoms with E-state index in [4.69, 9.17) is 11.6 Å². The van der Waals surface area contributed by atoms with Gasteiger partial charge in [-0.05, 0) is 57.4 Å². The maximum atomic E-state index is 9.52. The monoisotopic (exact) mass is 296 g/mol. The molecule has 4 heteroatoms. The smallest absolute Gasteiger partial charge is 0.0635 e. The topological polar surface area (TPSA) is 35.5 Å². The Hall–Kier alpha value is -0.770. The number of halogens is 1. The van der Waals surface area contributed by atoms with Gasteiger partial charge in [-0.1, -0.05) is 11.6 Å². The number of aliphatic hydroxyl groups is 1. The molecule has 1 heterocycles. The van der Waals surface area contributed by atoms with E-state index in [1.165, 1.54) is 11.3 Å². The number of hydrogen-bond acceptors (Lipinski definition) is 3. The van der Waals surface area contributed by atoms with Crippen LogP contribution in [0, 0.1) is 0 Å². The molecule has 0 saturated carbocycles. The molecule has 2 rings (SSSR count). The molecule has 0 aliphatic carbocycles. The number of nitrogens with one attached hydrogen (secondary N) is 1. The van der Waals surface area contributed by atoms with Crippen molar-refractivity contribution in [2.45, 2.75) is 51.7 Å². The van der Waals surface area contributed by atoms with Gasteiger partial charge < -0.3 is 15.3 Å². The van der Waals surface area contributed by atoms with Gasteiger partial charge in [0.2, 0.25) is 0 Å². The fourth-order valence-corrected chi connectivity index (χ4v) is 2.87.